The lowest BCUT2D eigenvalue weighted by atomic mass is 10.3. The lowest BCUT2D eigenvalue weighted by Gasteiger charge is -2.17. The van der Waals surface area contributed by atoms with Crippen molar-refractivity contribution in [2.45, 2.75) is 78.6 Å². The van der Waals surface area contributed by atoms with E-state index >= 15 is 0 Å². The molecular formula is C15H30BNO6. The maximum Gasteiger partial charge on any atom is 0.332 e. The van der Waals surface area contributed by atoms with Gasteiger partial charge in [0.25, 0.3) is 0 Å². The molecule has 8 heteroatoms. The summed E-state index contributed by atoms with van der Waals surface area (Å²) in [6, 6.07) is 0. The zero-order valence-corrected chi connectivity index (χ0v) is 13.8. The van der Waals surface area contributed by atoms with Gasteiger partial charge in [-0.15, -0.1) is 0 Å². The molecular weight excluding hydrogens is 301 g/mol. The fourth-order valence-corrected chi connectivity index (χ4v) is 1.41. The predicted molar refractivity (Wildman–Crippen MR) is 88.6 cm³/mol. The third kappa shape index (κ3) is 13.8. The number of hydrogen-bond donors (Lipinski definition) is 0. The molecule has 0 unspecified atom stereocenters. The number of nitrogens with zero attached hydrogens (tertiary/aromatic N) is 1. The maximum atomic E-state index is 11.6. The van der Waals surface area contributed by atoms with Crippen molar-refractivity contribution in [3.8, 4) is 0 Å². The van der Waals surface area contributed by atoms with Gasteiger partial charge < -0.3 is 14.5 Å². The van der Waals surface area contributed by atoms with Gasteiger partial charge in [-0.05, 0) is 19.3 Å². The van der Waals surface area contributed by atoms with Crippen LogP contribution in [0.5, 0.6) is 0 Å². The third-order valence-corrected chi connectivity index (χ3v) is 2.73. The number of hydrogen-bond acceptors (Lipinski definition) is 7. The smallest absolute Gasteiger partial charge is 0.300 e. The van der Waals surface area contributed by atoms with Crippen LogP contribution in [-0.2, 0) is 28.9 Å². The molecule has 0 aromatic rings. The summed E-state index contributed by atoms with van der Waals surface area (Å²) >= 11 is 0. The average Bonchev–Trinajstić information content (AvgIpc) is 2.48. The summed E-state index contributed by atoms with van der Waals surface area (Å²) < 4.78 is 0. The summed E-state index contributed by atoms with van der Waals surface area (Å²) in [7, 11) is 0. The van der Waals surface area contributed by atoms with E-state index in [4.69, 9.17) is 14.5 Å². The molecule has 0 aliphatic carbocycles. The van der Waals surface area contributed by atoms with Gasteiger partial charge in [-0.1, -0.05) is 40.0 Å². The highest BCUT2D eigenvalue weighted by Crippen LogP contribution is 2.07. The van der Waals surface area contributed by atoms with Crippen LogP contribution in [0.25, 0.3) is 0 Å². The molecule has 23 heavy (non-hydrogen) atoms. The highest BCUT2D eigenvalue weighted by atomic mass is 17.2. The molecule has 0 bridgehead atoms. The fourth-order valence-electron chi connectivity index (χ4n) is 1.41. The molecule has 134 valence electrons. The standard InChI is InChI=1S/C15H27NO6.BH3/c1-4-7-10-13(17)20-16(21-14(18)11-8-5-2)22-15(19)12-9-6-3;/h4-12H2,1-3H3;1H3. The summed E-state index contributed by atoms with van der Waals surface area (Å²) in [6.45, 7) is 5.79. The van der Waals surface area contributed by atoms with Gasteiger partial charge in [0, 0.05) is 19.3 Å². The predicted octanol–water partition coefficient (Wildman–Crippen LogP) is 2.05. The van der Waals surface area contributed by atoms with E-state index in [1.54, 1.807) is 0 Å². The van der Waals surface area contributed by atoms with Crippen LogP contribution in [0.2, 0.25) is 0 Å². The molecule has 0 aliphatic heterocycles. The first-order valence-electron chi connectivity index (χ1n) is 7.95. The largest absolute Gasteiger partial charge is 0.332 e. The molecule has 0 spiro atoms. The van der Waals surface area contributed by atoms with E-state index in [0.717, 1.165) is 19.3 Å². The molecule has 0 saturated heterocycles. The number of carbonyl (C=O) groups excluding carboxylic acids is 3. The Labute approximate surface area is 140 Å². The van der Waals surface area contributed by atoms with Crippen LogP contribution in [-0.4, -0.2) is 31.7 Å². The van der Waals surface area contributed by atoms with Crippen LogP contribution in [0.1, 0.15) is 78.6 Å². The SMILES string of the molecule is B.CCCCC(=O)ON(OC(=O)CCCC)OC(=O)CCCC. The van der Waals surface area contributed by atoms with Crippen molar-refractivity contribution in [3.63, 3.8) is 0 Å². The minimum absolute atomic E-state index is 0. The van der Waals surface area contributed by atoms with E-state index in [-0.39, 0.29) is 33.1 Å². The van der Waals surface area contributed by atoms with Gasteiger partial charge >= 0.3 is 17.9 Å². The van der Waals surface area contributed by atoms with Crippen LogP contribution in [0.15, 0.2) is 0 Å². The quantitative estimate of drug-likeness (QED) is 0.400. The molecule has 0 amide bonds. The topological polar surface area (TPSA) is 82.1 Å². The highest BCUT2D eigenvalue weighted by molar-refractivity contribution is 5.75. The van der Waals surface area contributed by atoms with Crippen LogP contribution in [0.3, 0.4) is 0 Å². The fraction of sp³-hybridized carbons (Fsp3) is 0.800. The summed E-state index contributed by atoms with van der Waals surface area (Å²) in [5, 5.41) is 0.244. The zero-order valence-electron chi connectivity index (χ0n) is 13.8. The van der Waals surface area contributed by atoms with Gasteiger partial charge in [0.15, 0.2) is 0 Å². The minimum atomic E-state index is -0.617. The van der Waals surface area contributed by atoms with E-state index in [1.807, 2.05) is 20.8 Å². The van der Waals surface area contributed by atoms with Crippen molar-refractivity contribution < 1.29 is 28.9 Å². The number of rotatable bonds is 12. The minimum Gasteiger partial charge on any atom is -0.300 e. The third-order valence-electron chi connectivity index (χ3n) is 2.73. The zero-order chi connectivity index (χ0) is 16.8. The molecule has 0 aliphatic rings. The van der Waals surface area contributed by atoms with Gasteiger partial charge in [0.05, 0.1) is 8.41 Å². The average molecular weight is 331 g/mol. The first-order chi connectivity index (χ1) is 10.5. The molecule has 0 saturated carbocycles. The number of carbonyl (C=O) groups is 3. The van der Waals surface area contributed by atoms with Crippen LogP contribution in [0, 0.1) is 0 Å². The lowest BCUT2D eigenvalue weighted by Crippen LogP contribution is -2.33. The Kier molecular flexibility index (Phi) is 15.8. The van der Waals surface area contributed by atoms with Crippen LogP contribution >= 0.6 is 0 Å². The second-order valence-electron chi connectivity index (χ2n) is 4.92. The number of unbranched alkanes of at least 4 members (excludes halogenated alkanes) is 3. The van der Waals surface area contributed by atoms with E-state index < -0.39 is 17.9 Å². The van der Waals surface area contributed by atoms with E-state index in [0.29, 0.717) is 19.3 Å². The Hall–Kier alpha value is -1.57. The van der Waals surface area contributed by atoms with Crippen LogP contribution < -0.4 is 0 Å². The summed E-state index contributed by atoms with van der Waals surface area (Å²) in [6.07, 6.45) is 4.86. The first-order valence-corrected chi connectivity index (χ1v) is 7.95. The van der Waals surface area contributed by atoms with Crippen molar-refractivity contribution in [1.82, 2.24) is 5.39 Å². The Morgan fingerprint density at radius 3 is 1.13 bits per heavy atom. The molecule has 0 atom stereocenters. The van der Waals surface area contributed by atoms with Gasteiger partial charge in [-0.3, -0.25) is 14.4 Å². The van der Waals surface area contributed by atoms with Crippen molar-refractivity contribution in [2.24, 2.45) is 0 Å². The Balaban J connectivity index is 0. The monoisotopic (exact) mass is 331 g/mol. The Morgan fingerprint density at radius 2 is 0.913 bits per heavy atom. The molecule has 0 heterocycles. The van der Waals surface area contributed by atoms with Gasteiger partial charge in [-0.25, -0.2) is 0 Å². The first kappa shape index (κ1) is 23.7. The molecule has 0 rings (SSSR count). The second kappa shape index (κ2) is 15.3. The van der Waals surface area contributed by atoms with Crippen molar-refractivity contribution >= 4 is 26.3 Å². The molecule has 0 aromatic heterocycles. The van der Waals surface area contributed by atoms with Crippen molar-refractivity contribution in [3.05, 3.63) is 0 Å². The Bertz CT molecular complexity index is 299. The maximum absolute atomic E-state index is 11.6. The van der Waals surface area contributed by atoms with Crippen molar-refractivity contribution in [1.29, 1.82) is 0 Å². The van der Waals surface area contributed by atoms with E-state index in [2.05, 4.69) is 0 Å². The van der Waals surface area contributed by atoms with E-state index in [9.17, 15) is 14.4 Å². The Morgan fingerprint density at radius 1 is 0.652 bits per heavy atom. The highest BCUT2D eigenvalue weighted by Gasteiger charge is 2.21. The molecule has 0 N–H and O–H groups in total. The van der Waals surface area contributed by atoms with Gasteiger partial charge in [0.1, 0.15) is 0 Å². The second-order valence-corrected chi connectivity index (χ2v) is 4.92. The molecule has 0 aromatic carbocycles. The summed E-state index contributed by atoms with van der Waals surface area (Å²) in [5.74, 6) is -1.85. The summed E-state index contributed by atoms with van der Waals surface area (Å²) in [4.78, 5) is 49.0. The van der Waals surface area contributed by atoms with Gasteiger partial charge in [-0.2, -0.15) is 0 Å². The molecule has 0 radical (unpaired) electrons. The van der Waals surface area contributed by atoms with Gasteiger partial charge in [0.2, 0.25) is 5.39 Å². The molecule has 0 fully saturated rings. The lowest BCUT2D eigenvalue weighted by molar-refractivity contribution is -0.464. The van der Waals surface area contributed by atoms with E-state index in [1.165, 1.54) is 0 Å². The molecule has 7 nitrogen and oxygen atoms in total. The normalized spacial score (nSPS) is 9.91. The van der Waals surface area contributed by atoms with Crippen molar-refractivity contribution in [2.75, 3.05) is 0 Å². The van der Waals surface area contributed by atoms with Crippen LogP contribution in [0.4, 0.5) is 0 Å². The summed E-state index contributed by atoms with van der Waals surface area (Å²) in [5.41, 5.74) is 0.